The Hall–Kier alpha value is 1.89. The van der Waals surface area contributed by atoms with Crippen LogP contribution in [0, 0.1) is 0 Å². The second kappa shape index (κ2) is 8.50. The normalized spacial score (nSPS) is 18.5. The Kier molecular flexibility index (Phi) is 11.6. The third-order valence-corrected chi connectivity index (χ3v) is 8.74. The summed E-state index contributed by atoms with van der Waals surface area (Å²) in [6, 6.07) is 0. The third-order valence-electron chi connectivity index (χ3n) is 0.971. The molecule has 13 heteroatoms. The zero-order valence-corrected chi connectivity index (χ0v) is 16.5. The summed E-state index contributed by atoms with van der Waals surface area (Å²) in [6.07, 6.45) is 0. The topological polar surface area (TPSA) is 108 Å². The molecule has 2 unspecified atom stereocenters. The Morgan fingerprint density at radius 1 is 0.737 bits per heavy atom. The van der Waals surface area contributed by atoms with Gasteiger partial charge in [0.2, 0.25) is 0 Å². The minimum absolute atomic E-state index is 0. The van der Waals surface area contributed by atoms with Gasteiger partial charge in [0.25, 0.3) is 15.6 Å². The number of hydrogen-bond donors (Lipinski definition) is 0. The molecule has 104 valence electrons. The van der Waals surface area contributed by atoms with Crippen molar-refractivity contribution in [2.45, 2.75) is 39.3 Å². The number of phosphoric acid groups is 2. The fraction of sp³-hybridized carbons (Fsp3) is 1.00. The molecular formula is C6H18Li2O7P2Si2. The monoisotopic (exact) mass is 334 g/mol. The van der Waals surface area contributed by atoms with E-state index >= 15 is 0 Å². The molecule has 0 spiro atoms. The molecule has 0 saturated carbocycles. The van der Waals surface area contributed by atoms with E-state index in [1.807, 2.05) is 0 Å². The van der Waals surface area contributed by atoms with Crippen LogP contribution in [0.4, 0.5) is 0 Å². The van der Waals surface area contributed by atoms with E-state index in [2.05, 4.69) is 12.7 Å². The van der Waals surface area contributed by atoms with Crippen molar-refractivity contribution in [3.8, 4) is 0 Å². The molecule has 0 heterocycles. The molecule has 0 aromatic rings. The molecule has 7 nitrogen and oxygen atoms in total. The molecule has 0 aromatic heterocycles. The molecule has 0 N–H and O–H groups in total. The Morgan fingerprint density at radius 3 is 1.11 bits per heavy atom. The Bertz CT molecular complexity index is 334. The van der Waals surface area contributed by atoms with Crippen LogP contribution in [0.25, 0.3) is 0 Å². The molecule has 0 aliphatic carbocycles. The van der Waals surface area contributed by atoms with Crippen molar-refractivity contribution >= 4 is 32.3 Å². The van der Waals surface area contributed by atoms with E-state index in [9.17, 15) is 18.9 Å². The van der Waals surface area contributed by atoms with E-state index in [4.69, 9.17) is 0 Å². The van der Waals surface area contributed by atoms with Crippen LogP contribution in [0.5, 0.6) is 0 Å². The molecule has 0 bridgehead atoms. The minimum Gasteiger partial charge on any atom is -0.757 e. The van der Waals surface area contributed by atoms with Crippen LogP contribution >= 0.6 is 15.6 Å². The molecule has 0 saturated heterocycles. The van der Waals surface area contributed by atoms with Gasteiger partial charge in [0.1, 0.15) is 0 Å². The summed E-state index contributed by atoms with van der Waals surface area (Å²) in [5, 5.41) is 0. The zero-order valence-electron chi connectivity index (χ0n) is 12.8. The third kappa shape index (κ3) is 16.1. The van der Waals surface area contributed by atoms with Crippen molar-refractivity contribution in [2.24, 2.45) is 0 Å². The van der Waals surface area contributed by atoms with E-state index < -0.39 is 32.3 Å². The Balaban J connectivity index is -0.00000128. The molecule has 0 aromatic carbocycles. The summed E-state index contributed by atoms with van der Waals surface area (Å²) in [6.45, 7) is 9.56. The van der Waals surface area contributed by atoms with Crippen LogP contribution in [-0.2, 0) is 21.9 Å². The zero-order chi connectivity index (χ0) is 14.1. The summed E-state index contributed by atoms with van der Waals surface area (Å²) in [4.78, 5) is 22.7. The van der Waals surface area contributed by atoms with Crippen LogP contribution in [0.2, 0.25) is 39.3 Å². The summed E-state index contributed by atoms with van der Waals surface area (Å²) in [5.74, 6) is 0. The van der Waals surface area contributed by atoms with Gasteiger partial charge in [0.15, 0.2) is 16.6 Å². The molecule has 19 heavy (non-hydrogen) atoms. The number of hydrogen-bond acceptors (Lipinski definition) is 7. The molecule has 0 fully saturated rings. The quantitative estimate of drug-likeness (QED) is 0.357. The van der Waals surface area contributed by atoms with Crippen LogP contribution in [0.3, 0.4) is 0 Å². The summed E-state index contributed by atoms with van der Waals surface area (Å²) in [7, 11) is -14.7. The van der Waals surface area contributed by atoms with Crippen LogP contribution in [0.1, 0.15) is 0 Å². The van der Waals surface area contributed by atoms with Gasteiger partial charge in [-0.1, -0.05) is 0 Å². The van der Waals surface area contributed by atoms with Gasteiger partial charge in [-0.15, -0.1) is 0 Å². The van der Waals surface area contributed by atoms with Crippen LogP contribution in [-0.4, -0.2) is 16.6 Å². The van der Waals surface area contributed by atoms with E-state index in [1.54, 1.807) is 39.3 Å². The Morgan fingerprint density at radius 2 is 0.947 bits per heavy atom. The van der Waals surface area contributed by atoms with Crippen molar-refractivity contribution < 1.29 is 69.4 Å². The fourth-order valence-electron chi connectivity index (χ4n) is 0.827. The van der Waals surface area contributed by atoms with Gasteiger partial charge in [-0.2, -0.15) is 0 Å². The maximum absolute atomic E-state index is 11.3. The summed E-state index contributed by atoms with van der Waals surface area (Å²) >= 11 is 0. The summed E-state index contributed by atoms with van der Waals surface area (Å²) < 4.78 is 36.0. The molecule has 0 amide bonds. The second-order valence-corrected chi connectivity index (χ2v) is 17.7. The number of rotatable bonds is 6. The standard InChI is InChI=1S/C6H20O7P2Si2.2Li/c1-16(2,3)12-14(7,8)11-15(9,10)13-17(4,5)6;;/h1-6H3,(H,7,8)(H,9,10);;/q;2*+1/p-2. The van der Waals surface area contributed by atoms with Crippen molar-refractivity contribution in [3.63, 3.8) is 0 Å². The van der Waals surface area contributed by atoms with Gasteiger partial charge in [-0.25, -0.2) is 0 Å². The predicted octanol–water partition coefficient (Wildman–Crippen LogP) is -4.35. The van der Waals surface area contributed by atoms with E-state index in [0.717, 1.165) is 0 Å². The van der Waals surface area contributed by atoms with Gasteiger partial charge >= 0.3 is 37.7 Å². The first-order valence-corrected chi connectivity index (χ1v) is 14.6. The summed E-state index contributed by atoms with van der Waals surface area (Å²) in [5.41, 5.74) is 0. The molecule has 0 aliphatic heterocycles. The van der Waals surface area contributed by atoms with Crippen molar-refractivity contribution in [1.82, 2.24) is 0 Å². The van der Waals surface area contributed by atoms with Gasteiger partial charge in [0.05, 0.1) is 0 Å². The smallest absolute Gasteiger partial charge is 0.757 e. The van der Waals surface area contributed by atoms with E-state index in [-0.39, 0.29) is 37.7 Å². The first-order chi connectivity index (χ1) is 7.12. The van der Waals surface area contributed by atoms with Crippen LogP contribution < -0.4 is 47.5 Å². The predicted molar refractivity (Wildman–Crippen MR) is 65.2 cm³/mol. The van der Waals surface area contributed by atoms with Gasteiger partial charge in [-0.05, 0) is 39.3 Å². The SMILES string of the molecule is C[Si](C)(C)OP(=O)([O-])OP(=O)([O-])O[Si](C)(C)C.[Li+].[Li+]. The van der Waals surface area contributed by atoms with Crippen molar-refractivity contribution in [1.29, 1.82) is 0 Å². The van der Waals surface area contributed by atoms with E-state index in [0.29, 0.717) is 0 Å². The Labute approximate surface area is 140 Å². The maximum Gasteiger partial charge on any atom is 1.00 e. The molecule has 2 atom stereocenters. The van der Waals surface area contributed by atoms with Crippen LogP contribution in [0.15, 0.2) is 0 Å². The first kappa shape index (κ1) is 25.8. The van der Waals surface area contributed by atoms with Crippen molar-refractivity contribution in [2.75, 3.05) is 0 Å². The van der Waals surface area contributed by atoms with E-state index in [1.165, 1.54) is 0 Å². The average molecular weight is 334 g/mol. The molecular weight excluding hydrogens is 316 g/mol. The first-order valence-electron chi connectivity index (χ1n) is 4.87. The van der Waals surface area contributed by atoms with Gasteiger partial charge in [-0.3, -0.25) is 13.4 Å². The fourth-order valence-corrected chi connectivity index (χ4v) is 8.04. The second-order valence-electron chi connectivity index (χ2n) is 5.38. The van der Waals surface area contributed by atoms with Crippen molar-refractivity contribution in [3.05, 3.63) is 0 Å². The minimum atomic E-state index is -4.89. The molecule has 0 rings (SSSR count). The van der Waals surface area contributed by atoms with Gasteiger partial charge < -0.3 is 18.2 Å². The maximum atomic E-state index is 11.3. The average Bonchev–Trinajstić information content (AvgIpc) is 1.65. The molecule has 0 radical (unpaired) electrons. The van der Waals surface area contributed by atoms with Gasteiger partial charge in [0, 0.05) is 0 Å². The molecule has 0 aliphatic rings. The largest absolute Gasteiger partial charge is 1.00 e.